The molecule has 0 saturated heterocycles. The highest BCUT2D eigenvalue weighted by Crippen LogP contribution is 2.26. The number of amidine groups is 1. The molecule has 8 nitrogen and oxygen atoms in total. The number of hydrogen-bond acceptors (Lipinski definition) is 5. The molecule has 30 heavy (non-hydrogen) atoms. The number of rotatable bonds is 5. The summed E-state index contributed by atoms with van der Waals surface area (Å²) < 4.78 is 21.6. The fourth-order valence-corrected chi connectivity index (χ4v) is 3.86. The molecule has 0 spiro atoms. The van der Waals surface area contributed by atoms with Crippen LogP contribution in [-0.4, -0.2) is 52.6 Å². The van der Waals surface area contributed by atoms with E-state index in [1.165, 1.54) is 12.5 Å². The molecule has 4 N–H and O–H groups in total. The van der Waals surface area contributed by atoms with Gasteiger partial charge in [-0.1, -0.05) is 16.3 Å². The minimum atomic E-state index is -3.08. The van der Waals surface area contributed by atoms with E-state index >= 15 is 0 Å². The van der Waals surface area contributed by atoms with Crippen LogP contribution in [0.3, 0.4) is 0 Å². The Balaban J connectivity index is 1.86. The third-order valence-corrected chi connectivity index (χ3v) is 6.10. The molecule has 1 unspecified atom stereocenters. The summed E-state index contributed by atoms with van der Waals surface area (Å²) >= 11 is 0. The van der Waals surface area contributed by atoms with Gasteiger partial charge in [0, 0.05) is 56.0 Å². The molecule has 1 atom stereocenters. The van der Waals surface area contributed by atoms with Crippen LogP contribution in [0.25, 0.3) is 11.1 Å². The largest absolute Gasteiger partial charge is 0.391 e. The zero-order valence-corrected chi connectivity index (χ0v) is 18.1. The molecule has 0 aliphatic carbocycles. The van der Waals surface area contributed by atoms with E-state index in [4.69, 9.17) is 5.73 Å². The molecule has 0 saturated carbocycles. The second-order valence-electron chi connectivity index (χ2n) is 7.15. The Kier molecular flexibility index (Phi) is 6.33. The van der Waals surface area contributed by atoms with Crippen LogP contribution in [0.5, 0.6) is 0 Å². The molecule has 9 heteroatoms. The Labute approximate surface area is 177 Å². The molecule has 0 fully saturated rings. The van der Waals surface area contributed by atoms with Crippen LogP contribution in [0, 0.1) is 0 Å². The highest BCUT2D eigenvalue weighted by molar-refractivity contribution is 7.97. The molecule has 2 aromatic rings. The third-order valence-electron chi connectivity index (χ3n) is 5.00. The van der Waals surface area contributed by atoms with Crippen molar-refractivity contribution in [2.45, 2.75) is 18.2 Å². The standard InChI is InChI=1S/C21H25N5O3S/c1-14(27)26-9-8-20(23-2)19(13-26)21(22)25-17-6-4-15(5-7-17)16-10-18(12-24-11-16)30(3,28)29/h4-7,10-12H,8-9,13H2,1-3H3,(H3-,22,23,25,28,29)/p+1. The van der Waals surface area contributed by atoms with Gasteiger partial charge in [0.05, 0.1) is 18.4 Å². The van der Waals surface area contributed by atoms with E-state index in [0.717, 1.165) is 22.4 Å². The first-order chi connectivity index (χ1) is 14.2. The fraction of sp³-hybridized carbons (Fsp3) is 0.286. The Morgan fingerprint density at radius 2 is 1.97 bits per heavy atom. The summed E-state index contributed by atoms with van der Waals surface area (Å²) in [7, 11) is -1.24. The molecule has 1 amide bonds. The van der Waals surface area contributed by atoms with E-state index in [9.17, 15) is 13.6 Å². The molecular weight excluding hydrogens is 402 g/mol. The van der Waals surface area contributed by atoms with E-state index in [1.54, 1.807) is 24.1 Å². The maximum absolute atomic E-state index is 11.9. The van der Waals surface area contributed by atoms with E-state index < -0.39 is 10.2 Å². The van der Waals surface area contributed by atoms with Gasteiger partial charge in [-0.3, -0.25) is 9.78 Å². The number of amides is 1. The van der Waals surface area contributed by atoms with Crippen LogP contribution in [0.4, 0.5) is 5.69 Å². The summed E-state index contributed by atoms with van der Waals surface area (Å²) in [5.74, 6) is 0.377. The summed E-state index contributed by atoms with van der Waals surface area (Å²) in [6.07, 6.45) is 5.01. The van der Waals surface area contributed by atoms with Gasteiger partial charge in [0.2, 0.25) is 21.0 Å². The van der Waals surface area contributed by atoms with Gasteiger partial charge in [-0.2, -0.15) is 4.55 Å². The predicted octanol–water partition coefficient (Wildman–Crippen LogP) is 2.42. The minimum absolute atomic E-state index is 0.00883. The van der Waals surface area contributed by atoms with Gasteiger partial charge >= 0.3 is 0 Å². The first kappa shape index (κ1) is 21.7. The second-order valence-corrected chi connectivity index (χ2v) is 9.23. The maximum Gasteiger partial charge on any atom is 0.246 e. The van der Waals surface area contributed by atoms with Gasteiger partial charge < -0.3 is 16.0 Å². The van der Waals surface area contributed by atoms with Gasteiger partial charge in [-0.05, 0) is 17.7 Å². The van der Waals surface area contributed by atoms with Crippen LogP contribution in [-0.2, 0) is 19.2 Å². The molecule has 1 aromatic carbocycles. The van der Waals surface area contributed by atoms with E-state index in [2.05, 4.69) is 15.3 Å². The Hall–Kier alpha value is -3.04. The van der Waals surface area contributed by atoms with Crippen molar-refractivity contribution >= 4 is 27.6 Å². The van der Waals surface area contributed by atoms with E-state index in [1.807, 2.05) is 31.3 Å². The number of carbonyl (C=O) groups is 1. The number of benzene rings is 1. The van der Waals surface area contributed by atoms with Crippen molar-refractivity contribution in [2.75, 3.05) is 26.4 Å². The summed E-state index contributed by atoms with van der Waals surface area (Å²) in [5.41, 5.74) is 10.3. The zero-order valence-electron chi connectivity index (χ0n) is 17.3. The summed E-state index contributed by atoms with van der Waals surface area (Å²) in [4.78, 5) is 22.4. The summed E-state index contributed by atoms with van der Waals surface area (Å²) in [6.45, 7) is 2.63. The van der Waals surface area contributed by atoms with Crippen molar-refractivity contribution in [2.24, 2.45) is 10.7 Å². The first-order valence-electron chi connectivity index (χ1n) is 9.46. The number of nitrogens with one attached hydrogen (secondary N) is 1. The molecule has 3 rings (SSSR count). The second kappa shape index (κ2) is 8.76. The Bertz CT molecular complexity index is 1060. The lowest BCUT2D eigenvalue weighted by Crippen LogP contribution is -2.40. The van der Waals surface area contributed by atoms with Gasteiger partial charge in [0.1, 0.15) is 12.1 Å². The maximum atomic E-state index is 11.9. The van der Waals surface area contributed by atoms with E-state index in [-0.39, 0.29) is 10.8 Å². The van der Waals surface area contributed by atoms with E-state index in [0.29, 0.717) is 31.0 Å². The number of hydrogen-bond donors (Lipinski definition) is 3. The number of nitrogens with zero attached hydrogens (tertiary/aromatic N) is 3. The van der Waals surface area contributed by atoms with Gasteiger partial charge in [0.15, 0.2) is 0 Å². The van der Waals surface area contributed by atoms with Crippen molar-refractivity contribution in [3.8, 4) is 11.1 Å². The molecule has 0 bridgehead atoms. The van der Waals surface area contributed by atoms with Crippen LogP contribution >= 0.6 is 0 Å². The lowest BCUT2D eigenvalue weighted by Gasteiger charge is -2.29. The summed E-state index contributed by atoms with van der Waals surface area (Å²) in [5, 5.41) is 3.16. The first-order valence-corrected chi connectivity index (χ1v) is 11.4. The molecule has 0 radical (unpaired) electrons. The highest BCUT2D eigenvalue weighted by atomic mass is 32.3. The normalized spacial score (nSPS) is 16.9. The topological polar surface area (TPSA) is 121 Å². The van der Waals surface area contributed by atoms with Gasteiger partial charge in [-0.15, -0.1) is 0 Å². The SMILES string of the molecule is CNC1=C(C(N)=Nc2ccc(-c3cncc([S+](C)(=O)O)c3)cc2)CN(C(C)=O)CC1. The van der Waals surface area contributed by atoms with Crippen molar-refractivity contribution < 1.29 is 13.6 Å². The quantitative estimate of drug-likeness (QED) is 0.382. The smallest absolute Gasteiger partial charge is 0.246 e. The molecule has 1 aliphatic rings. The Morgan fingerprint density at radius 3 is 2.57 bits per heavy atom. The van der Waals surface area contributed by atoms with Crippen molar-refractivity contribution in [1.82, 2.24) is 15.2 Å². The van der Waals surface area contributed by atoms with Crippen molar-refractivity contribution in [1.29, 1.82) is 0 Å². The average molecular weight is 429 g/mol. The summed E-state index contributed by atoms with van der Waals surface area (Å²) in [6, 6.07) is 9.02. The van der Waals surface area contributed by atoms with Crippen LogP contribution < -0.4 is 11.1 Å². The van der Waals surface area contributed by atoms with Crippen LogP contribution in [0.2, 0.25) is 0 Å². The lowest BCUT2D eigenvalue weighted by molar-refractivity contribution is -0.128. The zero-order chi connectivity index (χ0) is 21.9. The number of aromatic nitrogens is 1. The van der Waals surface area contributed by atoms with Crippen molar-refractivity contribution in [3.63, 3.8) is 0 Å². The minimum Gasteiger partial charge on any atom is -0.391 e. The number of aliphatic imine (C=N–C) groups is 1. The number of carbonyl (C=O) groups excluding carboxylic acids is 1. The molecule has 1 aromatic heterocycles. The highest BCUT2D eigenvalue weighted by Gasteiger charge is 2.23. The average Bonchev–Trinajstić information content (AvgIpc) is 2.73. The van der Waals surface area contributed by atoms with Crippen LogP contribution in [0.1, 0.15) is 13.3 Å². The fourth-order valence-electron chi connectivity index (χ4n) is 3.26. The monoisotopic (exact) mass is 428 g/mol. The lowest BCUT2D eigenvalue weighted by atomic mass is 10.0. The Morgan fingerprint density at radius 1 is 1.27 bits per heavy atom. The van der Waals surface area contributed by atoms with Gasteiger partial charge in [-0.25, -0.2) is 4.99 Å². The van der Waals surface area contributed by atoms with Gasteiger partial charge in [0.25, 0.3) is 0 Å². The predicted molar refractivity (Wildman–Crippen MR) is 119 cm³/mol. The van der Waals surface area contributed by atoms with Crippen molar-refractivity contribution in [3.05, 3.63) is 54.0 Å². The molecular formula is C21H26N5O3S+. The molecule has 2 heterocycles. The molecule has 158 valence electrons. The number of pyridine rings is 1. The third kappa shape index (κ3) is 4.92. The molecule has 1 aliphatic heterocycles. The van der Waals surface area contributed by atoms with Crippen LogP contribution in [0.15, 0.2) is 63.9 Å². The number of nitrogens with two attached hydrogens (primary N) is 1.